The van der Waals surface area contributed by atoms with E-state index in [0.717, 1.165) is 11.2 Å². The van der Waals surface area contributed by atoms with Crippen molar-refractivity contribution in [3.63, 3.8) is 0 Å². The molecular weight excluding hydrogens is 230 g/mol. The summed E-state index contributed by atoms with van der Waals surface area (Å²) in [7, 11) is 0. The van der Waals surface area contributed by atoms with Gasteiger partial charge in [0.15, 0.2) is 5.13 Å². The second-order valence-electron chi connectivity index (χ2n) is 4.26. The van der Waals surface area contributed by atoms with Gasteiger partial charge >= 0.3 is 0 Å². The van der Waals surface area contributed by atoms with E-state index in [9.17, 15) is 0 Å². The Balaban J connectivity index is 1.68. The van der Waals surface area contributed by atoms with Crippen molar-refractivity contribution in [2.24, 2.45) is 0 Å². The van der Waals surface area contributed by atoms with Crippen LogP contribution in [0.3, 0.4) is 0 Å². The number of anilines is 1. The van der Waals surface area contributed by atoms with E-state index in [1.807, 2.05) is 5.38 Å². The van der Waals surface area contributed by atoms with Gasteiger partial charge in [-0.3, -0.25) is 4.90 Å². The summed E-state index contributed by atoms with van der Waals surface area (Å²) in [5.74, 6) is 0. The summed E-state index contributed by atoms with van der Waals surface area (Å²) in [6.07, 6.45) is 3.92. The van der Waals surface area contributed by atoms with Gasteiger partial charge in [-0.15, -0.1) is 11.3 Å². The van der Waals surface area contributed by atoms with E-state index in [-0.39, 0.29) is 0 Å². The van der Waals surface area contributed by atoms with Crippen LogP contribution in [-0.4, -0.2) is 35.1 Å². The standard InChI is InChI=1S/C10H14ClN3S/c11-9-6-15-10(13-9)12-7-3-5-14-4-1-2-8(7)14/h6-8H,1-5H2,(H,12,13). The number of aromatic nitrogens is 1. The van der Waals surface area contributed by atoms with E-state index >= 15 is 0 Å². The van der Waals surface area contributed by atoms with Crippen molar-refractivity contribution in [3.05, 3.63) is 10.5 Å². The molecule has 15 heavy (non-hydrogen) atoms. The quantitative estimate of drug-likeness (QED) is 0.865. The molecule has 5 heteroatoms. The largest absolute Gasteiger partial charge is 0.357 e. The molecule has 0 saturated carbocycles. The van der Waals surface area contributed by atoms with E-state index in [0.29, 0.717) is 11.2 Å². The molecule has 2 aliphatic rings. The SMILES string of the molecule is Clc1csc(NC2CCN3CCCC23)n1. The molecule has 0 aromatic carbocycles. The van der Waals surface area contributed by atoms with Crippen LogP contribution in [0.1, 0.15) is 19.3 Å². The number of thiazole rings is 1. The zero-order chi connectivity index (χ0) is 10.3. The summed E-state index contributed by atoms with van der Waals surface area (Å²) in [6, 6.07) is 1.31. The predicted molar refractivity (Wildman–Crippen MR) is 63.7 cm³/mol. The highest BCUT2D eigenvalue weighted by Crippen LogP contribution is 2.31. The van der Waals surface area contributed by atoms with Gasteiger partial charge in [0.05, 0.1) is 0 Å². The molecule has 2 aliphatic heterocycles. The molecule has 0 aliphatic carbocycles. The Kier molecular flexibility index (Phi) is 2.58. The van der Waals surface area contributed by atoms with Crippen molar-refractivity contribution in [2.45, 2.75) is 31.3 Å². The highest BCUT2D eigenvalue weighted by molar-refractivity contribution is 7.14. The van der Waals surface area contributed by atoms with Gasteiger partial charge < -0.3 is 5.32 Å². The molecule has 0 amide bonds. The summed E-state index contributed by atoms with van der Waals surface area (Å²) in [5, 5.41) is 6.97. The molecule has 2 saturated heterocycles. The average molecular weight is 244 g/mol. The Hall–Kier alpha value is -0.320. The first-order valence-electron chi connectivity index (χ1n) is 5.44. The minimum absolute atomic E-state index is 0.578. The van der Waals surface area contributed by atoms with Gasteiger partial charge in [0.2, 0.25) is 0 Å². The van der Waals surface area contributed by atoms with Crippen molar-refractivity contribution in [1.82, 2.24) is 9.88 Å². The maximum Gasteiger partial charge on any atom is 0.184 e. The third kappa shape index (κ3) is 1.86. The summed E-state index contributed by atoms with van der Waals surface area (Å²) in [6.45, 7) is 2.52. The van der Waals surface area contributed by atoms with Crippen LogP contribution in [0.2, 0.25) is 5.15 Å². The normalized spacial score (nSPS) is 30.7. The number of fused-ring (bicyclic) bond motifs is 1. The van der Waals surface area contributed by atoms with Crippen molar-refractivity contribution < 1.29 is 0 Å². The summed E-state index contributed by atoms with van der Waals surface area (Å²) in [5.41, 5.74) is 0. The summed E-state index contributed by atoms with van der Waals surface area (Å²) in [4.78, 5) is 6.83. The number of hydrogen-bond acceptors (Lipinski definition) is 4. The van der Waals surface area contributed by atoms with Crippen molar-refractivity contribution in [1.29, 1.82) is 0 Å². The van der Waals surface area contributed by atoms with E-state index < -0.39 is 0 Å². The van der Waals surface area contributed by atoms with Gasteiger partial charge in [-0.1, -0.05) is 11.6 Å². The Labute approximate surface area is 98.4 Å². The van der Waals surface area contributed by atoms with E-state index in [4.69, 9.17) is 11.6 Å². The molecule has 2 fully saturated rings. The molecule has 82 valence electrons. The fourth-order valence-corrected chi connectivity index (χ4v) is 3.63. The van der Waals surface area contributed by atoms with E-state index in [1.165, 1.54) is 32.4 Å². The van der Waals surface area contributed by atoms with Gasteiger partial charge in [-0.25, -0.2) is 4.98 Å². The summed E-state index contributed by atoms with van der Waals surface area (Å²) >= 11 is 7.40. The number of nitrogens with one attached hydrogen (secondary N) is 1. The van der Waals surface area contributed by atoms with Gasteiger partial charge in [0.1, 0.15) is 5.15 Å². The smallest absolute Gasteiger partial charge is 0.184 e. The first-order valence-corrected chi connectivity index (χ1v) is 6.70. The highest BCUT2D eigenvalue weighted by atomic mass is 35.5. The first kappa shape index (κ1) is 9.87. The zero-order valence-electron chi connectivity index (χ0n) is 8.45. The van der Waals surface area contributed by atoms with Crippen LogP contribution in [0.15, 0.2) is 5.38 Å². The number of nitrogens with zero attached hydrogens (tertiary/aromatic N) is 2. The second-order valence-corrected chi connectivity index (χ2v) is 5.51. The van der Waals surface area contributed by atoms with E-state index in [1.54, 1.807) is 11.3 Å². The fourth-order valence-electron chi connectivity index (χ4n) is 2.73. The van der Waals surface area contributed by atoms with Crippen LogP contribution in [0.5, 0.6) is 0 Å². The van der Waals surface area contributed by atoms with Crippen molar-refractivity contribution in [2.75, 3.05) is 18.4 Å². The molecule has 2 atom stereocenters. The molecule has 1 aromatic heterocycles. The second kappa shape index (κ2) is 3.92. The molecule has 3 nitrogen and oxygen atoms in total. The Morgan fingerprint density at radius 1 is 1.47 bits per heavy atom. The molecule has 1 aromatic rings. The Morgan fingerprint density at radius 2 is 2.40 bits per heavy atom. The molecule has 0 radical (unpaired) electrons. The van der Waals surface area contributed by atoms with Crippen LogP contribution in [0.4, 0.5) is 5.13 Å². The maximum atomic E-state index is 5.81. The van der Waals surface area contributed by atoms with Gasteiger partial charge in [0, 0.05) is 24.0 Å². The number of hydrogen-bond donors (Lipinski definition) is 1. The van der Waals surface area contributed by atoms with Gasteiger partial charge in [-0.05, 0) is 25.8 Å². The van der Waals surface area contributed by atoms with Crippen molar-refractivity contribution in [3.8, 4) is 0 Å². The van der Waals surface area contributed by atoms with Crippen molar-refractivity contribution >= 4 is 28.1 Å². The minimum atomic E-state index is 0.578. The zero-order valence-corrected chi connectivity index (χ0v) is 10.0. The summed E-state index contributed by atoms with van der Waals surface area (Å²) < 4.78 is 0. The predicted octanol–water partition coefficient (Wildman–Crippen LogP) is 2.45. The lowest BCUT2D eigenvalue weighted by Crippen LogP contribution is -2.33. The van der Waals surface area contributed by atoms with Gasteiger partial charge in [-0.2, -0.15) is 0 Å². The third-order valence-electron chi connectivity index (χ3n) is 3.39. The lowest BCUT2D eigenvalue weighted by atomic mass is 10.1. The van der Waals surface area contributed by atoms with Gasteiger partial charge in [0.25, 0.3) is 0 Å². The topological polar surface area (TPSA) is 28.2 Å². The van der Waals surface area contributed by atoms with Crippen LogP contribution >= 0.6 is 22.9 Å². The Morgan fingerprint density at radius 3 is 3.20 bits per heavy atom. The molecule has 3 heterocycles. The lowest BCUT2D eigenvalue weighted by Gasteiger charge is -2.20. The van der Waals surface area contributed by atoms with Crippen LogP contribution < -0.4 is 5.32 Å². The average Bonchev–Trinajstić information content (AvgIpc) is 2.85. The molecule has 3 rings (SSSR count). The van der Waals surface area contributed by atoms with E-state index in [2.05, 4.69) is 15.2 Å². The van der Waals surface area contributed by atoms with Crippen LogP contribution in [0, 0.1) is 0 Å². The molecule has 0 bridgehead atoms. The highest BCUT2D eigenvalue weighted by Gasteiger charge is 2.37. The van der Waals surface area contributed by atoms with Crippen LogP contribution in [0.25, 0.3) is 0 Å². The first-order chi connectivity index (χ1) is 7.33. The maximum absolute atomic E-state index is 5.81. The molecule has 1 N–H and O–H groups in total. The lowest BCUT2D eigenvalue weighted by molar-refractivity contribution is 0.318. The number of rotatable bonds is 2. The molecule has 0 spiro atoms. The van der Waals surface area contributed by atoms with Crippen LogP contribution in [-0.2, 0) is 0 Å². The Bertz CT molecular complexity index is 354. The third-order valence-corrected chi connectivity index (χ3v) is 4.49. The monoisotopic (exact) mass is 243 g/mol. The fraction of sp³-hybridized carbons (Fsp3) is 0.700. The molecule has 2 unspecified atom stereocenters. The molecular formula is C10H14ClN3S. The minimum Gasteiger partial charge on any atom is -0.357 e. The number of halogens is 1.